The number of Topliss-reactive ketones (excluding diaryl/α,β-unsaturated/α-hetero) is 1. The Kier molecular flexibility index (Phi) is 3.87. The van der Waals surface area contributed by atoms with Crippen molar-refractivity contribution in [1.29, 1.82) is 0 Å². The summed E-state index contributed by atoms with van der Waals surface area (Å²) in [5.41, 5.74) is 0.906. The van der Waals surface area contributed by atoms with Gasteiger partial charge in [-0.25, -0.2) is 0 Å². The number of aryl methyl sites for hydroxylation is 1. The second-order valence-electron chi connectivity index (χ2n) is 4.09. The van der Waals surface area contributed by atoms with Gasteiger partial charge in [-0.2, -0.15) is 11.8 Å². The van der Waals surface area contributed by atoms with Crippen molar-refractivity contribution in [1.82, 2.24) is 0 Å². The maximum Gasteiger partial charge on any atom is 0.173 e. The summed E-state index contributed by atoms with van der Waals surface area (Å²) >= 11 is 3.51. The minimum Gasteiger partial charge on any atom is -0.293 e. The molecule has 1 aromatic rings. The third-order valence-electron chi connectivity index (χ3n) is 2.80. The average molecular weight is 240 g/mol. The van der Waals surface area contributed by atoms with E-state index in [2.05, 4.69) is 0 Å². The van der Waals surface area contributed by atoms with Gasteiger partial charge in [0, 0.05) is 21.1 Å². The largest absolute Gasteiger partial charge is 0.293 e. The standard InChI is InChI=1S/C12H16OS2/c1-9-6-10(7-14-9)12(13)8-15-11-4-2-3-5-11/h6-7,11H,2-5,8H2,1H3. The summed E-state index contributed by atoms with van der Waals surface area (Å²) in [5, 5.41) is 2.72. The molecule has 0 unspecified atom stereocenters. The third-order valence-corrected chi connectivity index (χ3v) is 5.04. The number of carbonyl (C=O) groups is 1. The molecule has 0 atom stereocenters. The molecule has 0 amide bonds. The first kappa shape index (κ1) is 11.2. The van der Waals surface area contributed by atoms with Gasteiger partial charge in [0.25, 0.3) is 0 Å². The monoisotopic (exact) mass is 240 g/mol. The van der Waals surface area contributed by atoms with Gasteiger partial charge in [-0.1, -0.05) is 12.8 Å². The van der Waals surface area contributed by atoms with Gasteiger partial charge in [-0.3, -0.25) is 4.79 Å². The number of ketones is 1. The highest BCUT2D eigenvalue weighted by Crippen LogP contribution is 2.30. The second-order valence-corrected chi connectivity index (χ2v) is 6.49. The summed E-state index contributed by atoms with van der Waals surface area (Å²) in [6.45, 7) is 2.05. The van der Waals surface area contributed by atoms with E-state index in [1.165, 1.54) is 30.6 Å². The Morgan fingerprint density at radius 1 is 1.53 bits per heavy atom. The highest BCUT2D eigenvalue weighted by molar-refractivity contribution is 8.00. The normalized spacial score (nSPS) is 17.1. The first-order valence-corrected chi connectivity index (χ1v) is 7.38. The number of thioether (sulfide) groups is 1. The molecule has 0 aliphatic heterocycles. The molecule has 2 rings (SSSR count). The quantitative estimate of drug-likeness (QED) is 0.742. The van der Waals surface area contributed by atoms with Gasteiger partial charge in [0.15, 0.2) is 5.78 Å². The van der Waals surface area contributed by atoms with Gasteiger partial charge in [0.2, 0.25) is 0 Å². The summed E-state index contributed by atoms with van der Waals surface area (Å²) < 4.78 is 0. The lowest BCUT2D eigenvalue weighted by atomic mass is 10.2. The first-order chi connectivity index (χ1) is 7.25. The molecule has 1 aliphatic rings. The molecule has 0 bridgehead atoms. The fourth-order valence-electron chi connectivity index (χ4n) is 1.92. The van der Waals surface area contributed by atoms with Crippen molar-refractivity contribution in [3.63, 3.8) is 0 Å². The maximum absolute atomic E-state index is 11.8. The zero-order valence-corrected chi connectivity index (χ0v) is 10.6. The average Bonchev–Trinajstić information content (AvgIpc) is 2.84. The maximum atomic E-state index is 11.8. The van der Waals surface area contributed by atoms with Crippen LogP contribution in [0, 0.1) is 6.92 Å². The van der Waals surface area contributed by atoms with E-state index in [-0.39, 0.29) is 0 Å². The third kappa shape index (κ3) is 3.08. The molecule has 1 heterocycles. The summed E-state index contributed by atoms with van der Waals surface area (Å²) in [4.78, 5) is 13.0. The van der Waals surface area contributed by atoms with Crippen LogP contribution in [-0.2, 0) is 0 Å². The Bertz CT molecular complexity index is 337. The molecule has 0 aromatic carbocycles. The number of hydrogen-bond donors (Lipinski definition) is 0. The van der Waals surface area contributed by atoms with E-state index in [4.69, 9.17) is 0 Å². The molecule has 1 fully saturated rings. The van der Waals surface area contributed by atoms with Gasteiger partial charge in [0.05, 0.1) is 5.75 Å². The molecule has 1 nitrogen and oxygen atoms in total. The van der Waals surface area contributed by atoms with Crippen LogP contribution < -0.4 is 0 Å². The van der Waals surface area contributed by atoms with Crippen LogP contribution in [0.1, 0.15) is 40.9 Å². The zero-order chi connectivity index (χ0) is 10.7. The highest BCUT2D eigenvalue weighted by atomic mass is 32.2. The van der Waals surface area contributed by atoms with Crippen LogP contribution >= 0.6 is 23.1 Å². The lowest BCUT2D eigenvalue weighted by molar-refractivity contribution is 0.102. The van der Waals surface area contributed by atoms with Crippen LogP contribution in [0.2, 0.25) is 0 Å². The molecule has 0 saturated heterocycles. The van der Waals surface area contributed by atoms with Crippen molar-refractivity contribution in [3.8, 4) is 0 Å². The Morgan fingerprint density at radius 3 is 2.87 bits per heavy atom. The zero-order valence-electron chi connectivity index (χ0n) is 8.99. The minimum atomic E-state index is 0.302. The minimum absolute atomic E-state index is 0.302. The summed E-state index contributed by atoms with van der Waals surface area (Å²) in [6, 6.07) is 2.00. The molecule has 1 saturated carbocycles. The second kappa shape index (κ2) is 5.17. The van der Waals surface area contributed by atoms with E-state index in [0.717, 1.165) is 10.8 Å². The molecule has 82 valence electrons. The predicted octanol–water partition coefficient (Wildman–Crippen LogP) is 3.92. The Balaban J connectivity index is 1.81. The molecule has 0 spiro atoms. The SMILES string of the molecule is Cc1cc(C(=O)CSC2CCCC2)cs1. The number of thiophene rings is 1. The Labute approximate surface area is 99.3 Å². The van der Waals surface area contributed by atoms with Gasteiger partial charge in [0.1, 0.15) is 0 Å². The Hall–Kier alpha value is -0.280. The first-order valence-electron chi connectivity index (χ1n) is 5.45. The van der Waals surface area contributed by atoms with E-state index in [1.807, 2.05) is 30.1 Å². The van der Waals surface area contributed by atoms with Crippen LogP contribution in [0.5, 0.6) is 0 Å². The van der Waals surface area contributed by atoms with Gasteiger partial charge < -0.3 is 0 Å². The molecule has 3 heteroatoms. The molecular weight excluding hydrogens is 224 g/mol. The van der Waals surface area contributed by atoms with E-state index < -0.39 is 0 Å². The predicted molar refractivity (Wildman–Crippen MR) is 68.1 cm³/mol. The molecule has 1 aromatic heterocycles. The lowest BCUT2D eigenvalue weighted by Crippen LogP contribution is -2.05. The summed E-state index contributed by atoms with van der Waals surface area (Å²) in [7, 11) is 0. The molecule has 0 radical (unpaired) electrons. The Morgan fingerprint density at radius 2 is 2.27 bits per heavy atom. The number of carbonyl (C=O) groups excluding carboxylic acids is 1. The van der Waals surface area contributed by atoms with E-state index in [0.29, 0.717) is 11.5 Å². The van der Waals surface area contributed by atoms with E-state index in [1.54, 1.807) is 11.3 Å². The fraction of sp³-hybridized carbons (Fsp3) is 0.583. The van der Waals surface area contributed by atoms with Crippen molar-refractivity contribution < 1.29 is 4.79 Å². The number of hydrogen-bond acceptors (Lipinski definition) is 3. The van der Waals surface area contributed by atoms with Crippen molar-refractivity contribution in [2.45, 2.75) is 37.9 Å². The van der Waals surface area contributed by atoms with Crippen molar-refractivity contribution >= 4 is 28.9 Å². The lowest BCUT2D eigenvalue weighted by Gasteiger charge is -2.06. The van der Waals surface area contributed by atoms with Crippen LogP contribution in [0.4, 0.5) is 0 Å². The van der Waals surface area contributed by atoms with Crippen molar-refractivity contribution in [2.24, 2.45) is 0 Å². The molecular formula is C12H16OS2. The van der Waals surface area contributed by atoms with Crippen LogP contribution in [-0.4, -0.2) is 16.8 Å². The van der Waals surface area contributed by atoms with Crippen LogP contribution in [0.3, 0.4) is 0 Å². The van der Waals surface area contributed by atoms with Crippen molar-refractivity contribution in [2.75, 3.05) is 5.75 Å². The van der Waals surface area contributed by atoms with Gasteiger partial charge >= 0.3 is 0 Å². The summed E-state index contributed by atoms with van der Waals surface area (Å²) in [6.07, 6.45) is 5.31. The highest BCUT2D eigenvalue weighted by Gasteiger charge is 2.17. The molecule has 0 N–H and O–H groups in total. The molecule has 1 aliphatic carbocycles. The topological polar surface area (TPSA) is 17.1 Å². The smallest absolute Gasteiger partial charge is 0.173 e. The van der Waals surface area contributed by atoms with E-state index in [9.17, 15) is 4.79 Å². The van der Waals surface area contributed by atoms with Crippen LogP contribution in [0.15, 0.2) is 11.4 Å². The number of rotatable bonds is 4. The van der Waals surface area contributed by atoms with Gasteiger partial charge in [-0.15, -0.1) is 11.3 Å². The van der Waals surface area contributed by atoms with E-state index >= 15 is 0 Å². The van der Waals surface area contributed by atoms with Crippen LogP contribution in [0.25, 0.3) is 0 Å². The fourth-order valence-corrected chi connectivity index (χ4v) is 3.85. The molecule has 15 heavy (non-hydrogen) atoms. The summed E-state index contributed by atoms with van der Waals surface area (Å²) in [5.74, 6) is 0.970. The van der Waals surface area contributed by atoms with Gasteiger partial charge in [-0.05, 0) is 25.8 Å². The van der Waals surface area contributed by atoms with Crippen molar-refractivity contribution in [3.05, 3.63) is 21.9 Å².